The predicted molar refractivity (Wildman–Crippen MR) is 126 cm³/mol. The highest BCUT2D eigenvalue weighted by molar-refractivity contribution is 7.89. The SMILES string of the molecule is O=C(Nc1c2c(nn1-c1ccc(F)cc1)C[S@@](=O)C2)c1ccc(S(=O)(=O)N2CCCCC2)cc1. The summed E-state index contributed by atoms with van der Waals surface area (Å²) in [5.74, 6) is 0.0806. The van der Waals surface area contributed by atoms with E-state index in [0.717, 1.165) is 19.3 Å². The number of hydrogen-bond donors (Lipinski definition) is 1. The van der Waals surface area contributed by atoms with E-state index in [1.165, 1.54) is 45.4 Å². The fourth-order valence-corrected chi connectivity index (χ4v) is 7.02. The second-order valence-electron chi connectivity index (χ2n) is 8.33. The van der Waals surface area contributed by atoms with E-state index in [4.69, 9.17) is 0 Å². The number of sulfonamides is 1. The third kappa shape index (κ3) is 4.30. The Labute approximate surface area is 199 Å². The van der Waals surface area contributed by atoms with Crippen molar-refractivity contribution < 1.29 is 21.8 Å². The number of rotatable bonds is 5. The van der Waals surface area contributed by atoms with E-state index in [1.54, 1.807) is 12.1 Å². The summed E-state index contributed by atoms with van der Waals surface area (Å²) >= 11 is 0. The molecule has 1 saturated heterocycles. The summed E-state index contributed by atoms with van der Waals surface area (Å²) in [6, 6.07) is 11.5. The van der Waals surface area contributed by atoms with Crippen LogP contribution in [-0.2, 0) is 32.3 Å². The average Bonchev–Trinajstić information content (AvgIpc) is 3.37. The third-order valence-electron chi connectivity index (χ3n) is 6.04. The number of amides is 1. The lowest BCUT2D eigenvalue weighted by molar-refractivity contribution is 0.102. The molecule has 0 bridgehead atoms. The number of aromatic nitrogens is 2. The van der Waals surface area contributed by atoms with Gasteiger partial charge in [-0.2, -0.15) is 9.40 Å². The van der Waals surface area contributed by atoms with E-state index in [-0.39, 0.29) is 22.0 Å². The van der Waals surface area contributed by atoms with Crippen LogP contribution in [0.2, 0.25) is 0 Å². The van der Waals surface area contributed by atoms with E-state index in [1.807, 2.05) is 0 Å². The van der Waals surface area contributed by atoms with Crippen molar-refractivity contribution in [3.63, 3.8) is 0 Å². The Morgan fingerprint density at radius 1 is 0.971 bits per heavy atom. The van der Waals surface area contributed by atoms with Gasteiger partial charge in [0.25, 0.3) is 5.91 Å². The molecule has 2 aromatic carbocycles. The van der Waals surface area contributed by atoms with E-state index in [0.29, 0.717) is 35.9 Å². The van der Waals surface area contributed by atoms with E-state index in [2.05, 4.69) is 10.4 Å². The van der Waals surface area contributed by atoms with Gasteiger partial charge in [-0.3, -0.25) is 9.00 Å². The zero-order valence-corrected chi connectivity index (χ0v) is 19.9. The summed E-state index contributed by atoms with van der Waals surface area (Å²) in [6.45, 7) is 1.01. The van der Waals surface area contributed by atoms with Crippen LogP contribution in [0.3, 0.4) is 0 Å². The molecule has 0 spiro atoms. The molecule has 1 fully saturated rings. The van der Waals surface area contributed by atoms with Gasteiger partial charge in [0.05, 0.1) is 27.8 Å². The van der Waals surface area contributed by atoms with E-state index >= 15 is 0 Å². The summed E-state index contributed by atoms with van der Waals surface area (Å²) in [6.07, 6.45) is 2.71. The molecule has 0 unspecified atom stereocenters. The van der Waals surface area contributed by atoms with Crippen molar-refractivity contribution in [3.8, 4) is 5.69 Å². The highest BCUT2D eigenvalue weighted by Crippen LogP contribution is 2.32. The van der Waals surface area contributed by atoms with E-state index in [9.17, 15) is 21.8 Å². The molecule has 2 aliphatic heterocycles. The Bertz CT molecular complexity index is 1360. The molecule has 0 aliphatic carbocycles. The zero-order chi connectivity index (χ0) is 23.9. The van der Waals surface area contributed by atoms with Crippen LogP contribution < -0.4 is 5.32 Å². The number of fused-ring (bicyclic) bond motifs is 1. The van der Waals surface area contributed by atoms with Crippen LogP contribution in [0, 0.1) is 5.82 Å². The fourth-order valence-electron chi connectivity index (χ4n) is 4.24. The maximum atomic E-state index is 13.4. The van der Waals surface area contributed by atoms with Gasteiger partial charge in [-0.15, -0.1) is 0 Å². The molecule has 8 nitrogen and oxygen atoms in total. The van der Waals surface area contributed by atoms with Crippen LogP contribution in [0.4, 0.5) is 10.2 Å². The molecule has 1 N–H and O–H groups in total. The van der Waals surface area contributed by atoms with Crippen LogP contribution in [0.15, 0.2) is 53.4 Å². The summed E-state index contributed by atoms with van der Waals surface area (Å²) in [7, 11) is -4.69. The number of benzene rings is 2. The number of anilines is 1. The van der Waals surface area contributed by atoms with Gasteiger partial charge in [0.2, 0.25) is 10.0 Å². The molecule has 3 heterocycles. The Morgan fingerprint density at radius 2 is 1.65 bits per heavy atom. The van der Waals surface area contributed by atoms with Gasteiger partial charge in [-0.25, -0.2) is 17.5 Å². The quantitative estimate of drug-likeness (QED) is 0.577. The summed E-state index contributed by atoms with van der Waals surface area (Å²) in [5.41, 5.74) is 2.14. The summed E-state index contributed by atoms with van der Waals surface area (Å²) < 4.78 is 54.2. The number of piperidine rings is 1. The maximum Gasteiger partial charge on any atom is 0.256 e. The minimum atomic E-state index is -3.59. The molecule has 178 valence electrons. The molecule has 34 heavy (non-hydrogen) atoms. The van der Waals surface area contributed by atoms with Crippen LogP contribution >= 0.6 is 0 Å². The number of nitrogens with zero attached hydrogens (tertiary/aromatic N) is 3. The molecule has 5 rings (SSSR count). The molecule has 0 saturated carbocycles. The van der Waals surface area contributed by atoms with Crippen molar-refractivity contribution in [2.75, 3.05) is 18.4 Å². The number of nitrogens with one attached hydrogen (secondary N) is 1. The average molecular weight is 503 g/mol. The van der Waals surface area contributed by atoms with Crippen molar-refractivity contribution in [2.45, 2.75) is 35.7 Å². The number of halogens is 1. The van der Waals surface area contributed by atoms with Gasteiger partial charge in [-0.05, 0) is 61.4 Å². The highest BCUT2D eigenvalue weighted by atomic mass is 32.2. The van der Waals surface area contributed by atoms with Gasteiger partial charge in [-0.1, -0.05) is 6.42 Å². The molecule has 3 aromatic rings. The van der Waals surface area contributed by atoms with Crippen molar-refractivity contribution in [1.29, 1.82) is 0 Å². The largest absolute Gasteiger partial charge is 0.306 e. The summed E-state index contributed by atoms with van der Waals surface area (Å²) in [4.78, 5) is 13.2. The van der Waals surface area contributed by atoms with Gasteiger partial charge < -0.3 is 5.32 Å². The van der Waals surface area contributed by atoms with Gasteiger partial charge in [0.1, 0.15) is 11.6 Å². The van der Waals surface area contributed by atoms with Crippen molar-refractivity contribution in [2.24, 2.45) is 0 Å². The van der Waals surface area contributed by atoms with Crippen molar-refractivity contribution >= 4 is 32.5 Å². The third-order valence-corrected chi connectivity index (χ3v) is 9.16. The Kier molecular flexibility index (Phi) is 6.09. The topological polar surface area (TPSA) is 101 Å². The lowest BCUT2D eigenvalue weighted by atomic mass is 10.2. The Balaban J connectivity index is 1.41. The summed E-state index contributed by atoms with van der Waals surface area (Å²) in [5, 5.41) is 7.32. The van der Waals surface area contributed by atoms with Crippen molar-refractivity contribution in [3.05, 3.63) is 71.2 Å². The van der Waals surface area contributed by atoms with E-state index < -0.39 is 32.5 Å². The first-order chi connectivity index (χ1) is 16.3. The van der Waals surface area contributed by atoms with Crippen LogP contribution in [0.1, 0.15) is 40.9 Å². The van der Waals surface area contributed by atoms with Gasteiger partial charge in [0.15, 0.2) is 0 Å². The molecule has 2 aliphatic rings. The molecule has 0 radical (unpaired) electrons. The standard InChI is InChI=1S/C23H23FN4O4S2/c24-17-6-8-18(9-7-17)28-22(20-14-33(30)15-21(20)26-28)25-23(29)16-4-10-19(11-5-16)34(31,32)27-12-2-1-3-13-27/h4-11H,1-3,12-15H2,(H,25,29)/t33-/m0/s1. The predicted octanol–water partition coefficient (Wildman–Crippen LogP) is 3.20. The number of hydrogen-bond acceptors (Lipinski definition) is 5. The van der Waals surface area contributed by atoms with Crippen LogP contribution in [0.5, 0.6) is 0 Å². The highest BCUT2D eigenvalue weighted by Gasteiger charge is 2.29. The minimum absolute atomic E-state index is 0.151. The van der Waals surface area contributed by atoms with Crippen molar-refractivity contribution in [1.82, 2.24) is 14.1 Å². The molecule has 11 heteroatoms. The molecule has 1 aromatic heterocycles. The van der Waals surface area contributed by atoms with Gasteiger partial charge >= 0.3 is 0 Å². The van der Waals surface area contributed by atoms with Crippen LogP contribution in [0.25, 0.3) is 5.69 Å². The van der Waals surface area contributed by atoms with Gasteiger partial charge in [0, 0.05) is 35.0 Å². The normalized spacial score (nSPS) is 18.6. The second kappa shape index (κ2) is 9.05. The molecular formula is C23H23FN4O4S2. The second-order valence-corrected chi connectivity index (χ2v) is 11.7. The first-order valence-electron chi connectivity index (χ1n) is 11.0. The molecular weight excluding hydrogens is 479 g/mol. The minimum Gasteiger partial charge on any atom is -0.306 e. The lowest BCUT2D eigenvalue weighted by Gasteiger charge is -2.25. The van der Waals surface area contributed by atoms with Crippen LogP contribution in [-0.4, -0.2) is 45.7 Å². The zero-order valence-electron chi connectivity index (χ0n) is 18.2. The fraction of sp³-hybridized carbons (Fsp3) is 0.304. The first kappa shape index (κ1) is 22.9. The smallest absolute Gasteiger partial charge is 0.256 e. The molecule has 1 amide bonds. The lowest BCUT2D eigenvalue weighted by Crippen LogP contribution is -2.35. The number of carbonyl (C=O) groups is 1. The first-order valence-corrected chi connectivity index (χ1v) is 13.9. The monoisotopic (exact) mass is 502 g/mol. The maximum absolute atomic E-state index is 13.4. The number of carbonyl (C=O) groups excluding carboxylic acids is 1. The Morgan fingerprint density at radius 3 is 2.32 bits per heavy atom. The Hall–Kier alpha value is -2.89. The molecule has 1 atom stereocenters.